The number of amides is 1. The molecule has 3 aromatic rings. The van der Waals surface area contributed by atoms with E-state index < -0.39 is 17.5 Å². The second-order valence-corrected chi connectivity index (χ2v) is 6.74. The zero-order chi connectivity index (χ0) is 20.4. The summed E-state index contributed by atoms with van der Waals surface area (Å²) in [6, 6.07) is 6.11. The van der Waals surface area contributed by atoms with Crippen LogP contribution in [0.5, 0.6) is 5.75 Å². The molecule has 148 valence electrons. The summed E-state index contributed by atoms with van der Waals surface area (Å²) in [5, 5.41) is 2.72. The van der Waals surface area contributed by atoms with Gasteiger partial charge >= 0.3 is 0 Å². The lowest BCUT2D eigenvalue weighted by molar-refractivity contribution is -0.120. The zero-order valence-corrected chi connectivity index (χ0v) is 15.2. The molecule has 2 aromatic carbocycles. The zero-order valence-electron chi connectivity index (χ0n) is 15.2. The lowest BCUT2D eigenvalue weighted by atomic mass is 10.0. The first-order valence-electron chi connectivity index (χ1n) is 8.94. The van der Waals surface area contributed by atoms with E-state index in [1.165, 1.54) is 24.5 Å². The van der Waals surface area contributed by atoms with Crippen molar-refractivity contribution in [2.24, 2.45) is 0 Å². The van der Waals surface area contributed by atoms with Gasteiger partial charge in [0.15, 0.2) is 11.6 Å². The van der Waals surface area contributed by atoms with E-state index in [-0.39, 0.29) is 25.0 Å². The molecule has 0 saturated carbocycles. The van der Waals surface area contributed by atoms with Crippen molar-refractivity contribution < 1.29 is 22.7 Å². The van der Waals surface area contributed by atoms with Gasteiger partial charge in [0.1, 0.15) is 24.0 Å². The summed E-state index contributed by atoms with van der Waals surface area (Å²) >= 11 is 0. The normalized spacial score (nSPS) is 14.9. The number of hydrogen-bond donors (Lipinski definition) is 1. The van der Waals surface area contributed by atoms with Gasteiger partial charge in [0.25, 0.3) is 0 Å². The van der Waals surface area contributed by atoms with E-state index in [0.29, 0.717) is 34.4 Å². The van der Waals surface area contributed by atoms with Crippen LogP contribution >= 0.6 is 0 Å². The molecule has 1 atom stereocenters. The summed E-state index contributed by atoms with van der Waals surface area (Å²) in [6.07, 6.45) is 4.50. The first kappa shape index (κ1) is 18.9. The first-order chi connectivity index (χ1) is 14.0. The molecule has 0 radical (unpaired) electrons. The molecule has 1 aliphatic heterocycles. The molecule has 1 aromatic heterocycles. The van der Waals surface area contributed by atoms with Gasteiger partial charge in [-0.15, -0.1) is 0 Å². The van der Waals surface area contributed by atoms with Crippen molar-refractivity contribution in [3.05, 3.63) is 77.6 Å². The maximum atomic E-state index is 14.0. The Kier molecular flexibility index (Phi) is 5.16. The highest BCUT2D eigenvalue weighted by Gasteiger charge is 2.27. The molecule has 0 fully saturated rings. The number of ether oxygens (including phenoxy) is 1. The quantitative estimate of drug-likeness (QED) is 0.716. The van der Waals surface area contributed by atoms with E-state index in [2.05, 4.69) is 15.3 Å². The van der Waals surface area contributed by atoms with Gasteiger partial charge in [-0.2, -0.15) is 0 Å². The fourth-order valence-corrected chi connectivity index (χ4v) is 3.29. The topological polar surface area (TPSA) is 64.1 Å². The van der Waals surface area contributed by atoms with E-state index in [1.807, 2.05) is 0 Å². The Morgan fingerprint density at radius 1 is 1.10 bits per heavy atom. The Morgan fingerprint density at radius 3 is 2.66 bits per heavy atom. The summed E-state index contributed by atoms with van der Waals surface area (Å²) < 4.78 is 46.2. The molecular weight excluding hydrogens is 383 g/mol. The highest BCUT2D eigenvalue weighted by molar-refractivity contribution is 5.78. The van der Waals surface area contributed by atoms with Gasteiger partial charge in [0.2, 0.25) is 5.91 Å². The molecule has 0 spiro atoms. The standard InChI is InChI=1S/C21H16F3N3O2/c22-15-5-13-6-16(29-21(13)17(7-15)14-8-25-11-26-9-14)10-27-20(28)4-12-1-2-18(23)19(24)3-12/h1-3,5,7-9,11,16H,4,6,10H2,(H,27,28)/t16-/m1/s1. The van der Waals surface area contributed by atoms with Gasteiger partial charge in [-0.3, -0.25) is 4.79 Å². The predicted octanol–water partition coefficient (Wildman–Crippen LogP) is 3.22. The third-order valence-electron chi connectivity index (χ3n) is 4.61. The van der Waals surface area contributed by atoms with Crippen LogP contribution in [0.15, 0.2) is 49.1 Å². The van der Waals surface area contributed by atoms with Gasteiger partial charge in [0, 0.05) is 35.5 Å². The van der Waals surface area contributed by atoms with Crippen LogP contribution in [0.4, 0.5) is 13.2 Å². The SMILES string of the molecule is O=C(Cc1ccc(F)c(F)c1)NC[C@H]1Cc2cc(F)cc(-c3cncnc3)c2O1. The highest BCUT2D eigenvalue weighted by Crippen LogP contribution is 2.39. The lowest BCUT2D eigenvalue weighted by Crippen LogP contribution is -2.35. The van der Waals surface area contributed by atoms with E-state index in [0.717, 1.165) is 12.1 Å². The van der Waals surface area contributed by atoms with Gasteiger partial charge < -0.3 is 10.1 Å². The molecule has 4 rings (SSSR count). The number of benzene rings is 2. The maximum Gasteiger partial charge on any atom is 0.224 e. The number of halogens is 3. The van der Waals surface area contributed by atoms with Gasteiger partial charge in [-0.1, -0.05) is 6.07 Å². The van der Waals surface area contributed by atoms with Crippen LogP contribution < -0.4 is 10.1 Å². The molecule has 1 amide bonds. The fraction of sp³-hybridized carbons (Fsp3) is 0.190. The van der Waals surface area contributed by atoms with Crippen molar-refractivity contribution in [1.29, 1.82) is 0 Å². The number of nitrogens with zero attached hydrogens (tertiary/aromatic N) is 2. The maximum absolute atomic E-state index is 14.0. The minimum Gasteiger partial charge on any atom is -0.487 e. The van der Waals surface area contributed by atoms with Gasteiger partial charge in [-0.05, 0) is 29.8 Å². The van der Waals surface area contributed by atoms with Crippen LogP contribution in [-0.4, -0.2) is 28.5 Å². The van der Waals surface area contributed by atoms with Crippen LogP contribution in [0.25, 0.3) is 11.1 Å². The Labute approximate surface area is 164 Å². The molecule has 0 saturated heterocycles. The highest BCUT2D eigenvalue weighted by atomic mass is 19.2. The molecule has 0 bridgehead atoms. The minimum atomic E-state index is -0.996. The number of nitrogens with one attached hydrogen (secondary N) is 1. The molecule has 5 nitrogen and oxygen atoms in total. The van der Waals surface area contributed by atoms with Gasteiger partial charge in [-0.25, -0.2) is 23.1 Å². The number of rotatable bonds is 5. The smallest absolute Gasteiger partial charge is 0.224 e. The summed E-state index contributed by atoms with van der Waals surface area (Å²) in [5.41, 5.74) is 2.25. The van der Waals surface area contributed by atoms with E-state index in [9.17, 15) is 18.0 Å². The number of hydrogen-bond acceptors (Lipinski definition) is 4. The molecular formula is C21H16F3N3O2. The Balaban J connectivity index is 1.41. The summed E-state index contributed by atoms with van der Waals surface area (Å²) in [4.78, 5) is 20.0. The van der Waals surface area contributed by atoms with Crippen LogP contribution in [0, 0.1) is 17.5 Å². The number of carbonyl (C=O) groups excluding carboxylic acids is 1. The minimum absolute atomic E-state index is 0.0852. The average Bonchev–Trinajstić information content (AvgIpc) is 3.12. The van der Waals surface area contributed by atoms with E-state index in [4.69, 9.17) is 4.74 Å². The van der Waals surface area contributed by atoms with Crippen molar-refractivity contribution in [3.63, 3.8) is 0 Å². The second-order valence-electron chi connectivity index (χ2n) is 6.74. The Hall–Kier alpha value is -3.42. The van der Waals surface area contributed by atoms with E-state index >= 15 is 0 Å². The van der Waals surface area contributed by atoms with Crippen LogP contribution in [0.2, 0.25) is 0 Å². The second kappa shape index (κ2) is 7.90. The lowest BCUT2D eigenvalue weighted by Gasteiger charge is -2.13. The van der Waals surface area contributed by atoms with Crippen LogP contribution in [-0.2, 0) is 17.6 Å². The Morgan fingerprint density at radius 2 is 1.90 bits per heavy atom. The molecule has 8 heteroatoms. The number of carbonyl (C=O) groups is 1. The van der Waals surface area contributed by atoms with Crippen molar-refractivity contribution in [3.8, 4) is 16.9 Å². The largest absolute Gasteiger partial charge is 0.487 e. The third-order valence-corrected chi connectivity index (χ3v) is 4.61. The first-order valence-corrected chi connectivity index (χ1v) is 8.94. The third kappa shape index (κ3) is 4.21. The van der Waals surface area contributed by atoms with Crippen LogP contribution in [0.1, 0.15) is 11.1 Å². The summed E-state index contributed by atoms with van der Waals surface area (Å²) in [6.45, 7) is 0.198. The fourth-order valence-electron chi connectivity index (χ4n) is 3.29. The monoisotopic (exact) mass is 399 g/mol. The average molecular weight is 399 g/mol. The number of aromatic nitrogens is 2. The Bertz CT molecular complexity index is 1060. The molecule has 0 unspecified atom stereocenters. The van der Waals surface area contributed by atoms with Gasteiger partial charge in [0.05, 0.1) is 13.0 Å². The number of fused-ring (bicyclic) bond motifs is 1. The van der Waals surface area contributed by atoms with Crippen molar-refractivity contribution in [1.82, 2.24) is 15.3 Å². The van der Waals surface area contributed by atoms with Crippen molar-refractivity contribution >= 4 is 5.91 Å². The van der Waals surface area contributed by atoms with Crippen molar-refractivity contribution in [2.75, 3.05) is 6.54 Å². The molecule has 2 heterocycles. The molecule has 1 aliphatic rings. The molecule has 0 aliphatic carbocycles. The molecule has 1 N–H and O–H groups in total. The van der Waals surface area contributed by atoms with Crippen molar-refractivity contribution in [2.45, 2.75) is 18.9 Å². The summed E-state index contributed by atoms with van der Waals surface area (Å²) in [5.74, 6) is -2.16. The van der Waals surface area contributed by atoms with Crippen LogP contribution in [0.3, 0.4) is 0 Å². The summed E-state index contributed by atoms with van der Waals surface area (Å²) in [7, 11) is 0. The van der Waals surface area contributed by atoms with E-state index in [1.54, 1.807) is 12.4 Å². The predicted molar refractivity (Wildman–Crippen MR) is 98.6 cm³/mol. The molecule has 29 heavy (non-hydrogen) atoms.